The van der Waals surface area contributed by atoms with Crippen LogP contribution in [-0.4, -0.2) is 16.2 Å². The molecule has 0 fully saturated rings. The van der Waals surface area contributed by atoms with Gasteiger partial charge in [-0.15, -0.1) is 0 Å². The predicted octanol–water partition coefficient (Wildman–Crippen LogP) is 1.97. The molecule has 1 rings (SSSR count). The van der Waals surface area contributed by atoms with E-state index in [4.69, 9.17) is 10.8 Å². The number of carboxylic acids is 1. The van der Waals surface area contributed by atoms with Crippen molar-refractivity contribution in [1.82, 2.24) is 0 Å². The Balaban J connectivity index is 3.39. The van der Waals surface area contributed by atoms with Crippen molar-refractivity contribution in [2.24, 2.45) is 0 Å². The molecule has 0 spiro atoms. The molecule has 0 bridgehead atoms. The second kappa shape index (κ2) is 3.46. The lowest BCUT2D eigenvalue weighted by atomic mass is 9.85. The number of phenols is 1. The van der Waals surface area contributed by atoms with E-state index in [9.17, 15) is 9.90 Å². The van der Waals surface area contributed by atoms with Gasteiger partial charge in [0.1, 0.15) is 11.3 Å². The van der Waals surface area contributed by atoms with Gasteiger partial charge in [-0.2, -0.15) is 0 Å². The molecule has 4 N–H and O–H groups in total. The Bertz CT molecular complexity index is 405. The zero-order valence-electron chi connectivity index (χ0n) is 9.03. The van der Waals surface area contributed by atoms with Crippen molar-refractivity contribution >= 4 is 11.7 Å². The summed E-state index contributed by atoms with van der Waals surface area (Å²) in [6.45, 7) is 5.83. The summed E-state index contributed by atoms with van der Waals surface area (Å²) in [4.78, 5) is 10.7. The summed E-state index contributed by atoms with van der Waals surface area (Å²) in [5.41, 5.74) is 6.48. The average Bonchev–Trinajstić information content (AvgIpc) is 2.06. The van der Waals surface area contributed by atoms with Gasteiger partial charge >= 0.3 is 5.97 Å². The van der Waals surface area contributed by atoms with Gasteiger partial charge in [0.05, 0.1) is 0 Å². The highest BCUT2D eigenvalue weighted by Crippen LogP contribution is 2.33. The minimum absolute atomic E-state index is 0.166. The molecule has 0 aliphatic carbocycles. The third-order valence-electron chi connectivity index (χ3n) is 2.21. The number of hydrogen-bond acceptors (Lipinski definition) is 3. The number of nitrogens with two attached hydrogens (primary N) is 1. The molecule has 0 heterocycles. The van der Waals surface area contributed by atoms with E-state index in [-0.39, 0.29) is 16.7 Å². The van der Waals surface area contributed by atoms with Gasteiger partial charge in [0.15, 0.2) is 0 Å². The number of carbonyl (C=O) groups is 1. The summed E-state index contributed by atoms with van der Waals surface area (Å²) in [5.74, 6) is -1.43. The summed E-state index contributed by atoms with van der Waals surface area (Å²) >= 11 is 0. The number of benzene rings is 1. The van der Waals surface area contributed by atoms with Crippen LogP contribution in [0.3, 0.4) is 0 Å². The normalized spacial score (nSPS) is 11.4. The maximum Gasteiger partial charge on any atom is 0.339 e. The number of nitrogen functional groups attached to an aromatic ring is 1. The maximum atomic E-state index is 10.7. The fourth-order valence-corrected chi connectivity index (χ4v) is 1.43. The third-order valence-corrected chi connectivity index (χ3v) is 2.21. The summed E-state index contributed by atoms with van der Waals surface area (Å²) < 4.78 is 0. The predicted molar refractivity (Wildman–Crippen MR) is 58.2 cm³/mol. The van der Waals surface area contributed by atoms with Crippen LogP contribution in [0.25, 0.3) is 0 Å². The van der Waals surface area contributed by atoms with Crippen LogP contribution < -0.4 is 5.73 Å². The smallest absolute Gasteiger partial charge is 0.339 e. The van der Waals surface area contributed by atoms with Gasteiger partial charge < -0.3 is 15.9 Å². The highest BCUT2D eigenvalue weighted by Gasteiger charge is 2.21. The summed E-state index contributed by atoms with van der Waals surface area (Å²) in [5, 5.41) is 18.3. The van der Waals surface area contributed by atoms with E-state index in [1.807, 2.05) is 20.8 Å². The van der Waals surface area contributed by atoms with Crippen LogP contribution in [-0.2, 0) is 5.41 Å². The second-order valence-corrected chi connectivity index (χ2v) is 4.51. The van der Waals surface area contributed by atoms with Crippen molar-refractivity contribution < 1.29 is 15.0 Å². The van der Waals surface area contributed by atoms with Crippen molar-refractivity contribution in [3.05, 3.63) is 23.3 Å². The van der Waals surface area contributed by atoms with Gasteiger partial charge in [0.2, 0.25) is 0 Å². The number of aromatic hydroxyl groups is 1. The fraction of sp³-hybridized carbons (Fsp3) is 0.364. The van der Waals surface area contributed by atoms with Crippen molar-refractivity contribution in [2.75, 3.05) is 5.73 Å². The van der Waals surface area contributed by atoms with Crippen molar-refractivity contribution in [1.29, 1.82) is 0 Å². The first-order valence-electron chi connectivity index (χ1n) is 4.59. The number of hydrogen-bond donors (Lipinski definition) is 3. The van der Waals surface area contributed by atoms with E-state index < -0.39 is 5.97 Å². The molecule has 0 atom stereocenters. The minimum Gasteiger partial charge on any atom is -0.507 e. The van der Waals surface area contributed by atoms with Crippen LogP contribution in [0.15, 0.2) is 12.1 Å². The van der Waals surface area contributed by atoms with Crippen LogP contribution in [0.2, 0.25) is 0 Å². The van der Waals surface area contributed by atoms with E-state index in [0.717, 1.165) is 5.56 Å². The Morgan fingerprint density at radius 3 is 2.27 bits per heavy atom. The van der Waals surface area contributed by atoms with Crippen LogP contribution in [0.1, 0.15) is 36.7 Å². The topological polar surface area (TPSA) is 83.5 Å². The molecule has 1 aromatic carbocycles. The SMILES string of the molecule is CC(C)(C)c1cc(O)c(C(=O)O)cc1N. The van der Waals surface area contributed by atoms with E-state index in [0.29, 0.717) is 5.69 Å². The molecule has 1 aromatic rings. The lowest BCUT2D eigenvalue weighted by molar-refractivity contribution is 0.0693. The molecule has 0 radical (unpaired) electrons. The Morgan fingerprint density at radius 1 is 1.33 bits per heavy atom. The number of carboxylic acid groups (broad SMARTS) is 1. The zero-order chi connectivity index (χ0) is 11.8. The number of rotatable bonds is 1. The third kappa shape index (κ3) is 2.21. The van der Waals surface area contributed by atoms with Gasteiger partial charge in [-0.3, -0.25) is 0 Å². The number of aromatic carboxylic acids is 1. The quantitative estimate of drug-likeness (QED) is 0.487. The molecule has 0 aromatic heterocycles. The highest BCUT2D eigenvalue weighted by molar-refractivity contribution is 5.92. The molecule has 4 heteroatoms. The summed E-state index contributed by atoms with van der Waals surface area (Å²) in [6.07, 6.45) is 0. The molecule has 0 saturated carbocycles. The first-order valence-corrected chi connectivity index (χ1v) is 4.59. The molecule has 15 heavy (non-hydrogen) atoms. The summed E-state index contributed by atoms with van der Waals surface area (Å²) in [6, 6.07) is 2.71. The molecule has 0 aliphatic heterocycles. The van der Waals surface area contributed by atoms with Gasteiger partial charge in [-0.1, -0.05) is 20.8 Å². The fourth-order valence-electron chi connectivity index (χ4n) is 1.43. The Morgan fingerprint density at radius 2 is 1.87 bits per heavy atom. The van der Waals surface area contributed by atoms with Gasteiger partial charge in [-0.25, -0.2) is 4.79 Å². The highest BCUT2D eigenvalue weighted by atomic mass is 16.4. The number of anilines is 1. The first-order chi connectivity index (χ1) is 6.73. The van der Waals surface area contributed by atoms with Crippen molar-refractivity contribution in [2.45, 2.75) is 26.2 Å². The molecule has 0 aliphatic rings. The minimum atomic E-state index is -1.18. The lowest BCUT2D eigenvalue weighted by Crippen LogP contribution is -2.14. The van der Waals surface area contributed by atoms with Gasteiger partial charge in [-0.05, 0) is 23.1 Å². The van der Waals surface area contributed by atoms with E-state index >= 15 is 0 Å². The van der Waals surface area contributed by atoms with Crippen LogP contribution in [0, 0.1) is 0 Å². The molecular weight excluding hydrogens is 194 g/mol. The first kappa shape index (κ1) is 11.4. The Hall–Kier alpha value is -1.71. The zero-order valence-corrected chi connectivity index (χ0v) is 9.03. The Labute approximate surface area is 88.3 Å². The molecule has 4 nitrogen and oxygen atoms in total. The molecule has 0 amide bonds. The van der Waals surface area contributed by atoms with E-state index in [2.05, 4.69) is 0 Å². The van der Waals surface area contributed by atoms with Crippen molar-refractivity contribution in [3.8, 4) is 5.75 Å². The largest absolute Gasteiger partial charge is 0.507 e. The second-order valence-electron chi connectivity index (χ2n) is 4.51. The standard InChI is InChI=1S/C11H15NO3/c1-11(2,3)7-5-9(13)6(10(14)15)4-8(7)12/h4-5,13H,12H2,1-3H3,(H,14,15). The van der Waals surface area contributed by atoms with E-state index in [1.165, 1.54) is 12.1 Å². The molecule has 0 saturated heterocycles. The van der Waals surface area contributed by atoms with Gasteiger partial charge in [0, 0.05) is 5.69 Å². The monoisotopic (exact) mass is 209 g/mol. The van der Waals surface area contributed by atoms with E-state index in [1.54, 1.807) is 0 Å². The molecular formula is C11H15NO3. The summed E-state index contributed by atoms with van der Waals surface area (Å²) in [7, 11) is 0. The van der Waals surface area contributed by atoms with Crippen molar-refractivity contribution in [3.63, 3.8) is 0 Å². The Kier molecular flexibility index (Phi) is 2.62. The molecule has 82 valence electrons. The lowest BCUT2D eigenvalue weighted by Gasteiger charge is -2.21. The maximum absolute atomic E-state index is 10.7. The van der Waals surface area contributed by atoms with Gasteiger partial charge in [0.25, 0.3) is 0 Å². The van der Waals surface area contributed by atoms with Crippen LogP contribution in [0.4, 0.5) is 5.69 Å². The van der Waals surface area contributed by atoms with Crippen LogP contribution >= 0.6 is 0 Å². The molecule has 0 unspecified atom stereocenters. The van der Waals surface area contributed by atoms with Crippen LogP contribution in [0.5, 0.6) is 5.75 Å². The average molecular weight is 209 g/mol.